The number of nitrogens with zero attached hydrogens (tertiary/aromatic N) is 2. The van der Waals surface area contributed by atoms with E-state index in [9.17, 15) is 9.59 Å². The van der Waals surface area contributed by atoms with Crippen LogP contribution in [-0.2, 0) is 14.3 Å². The summed E-state index contributed by atoms with van der Waals surface area (Å²) < 4.78 is 22.1. The van der Waals surface area contributed by atoms with Crippen molar-refractivity contribution in [1.82, 2.24) is 4.90 Å². The Labute approximate surface area is 227 Å². The summed E-state index contributed by atoms with van der Waals surface area (Å²) in [5, 5.41) is 2.51. The van der Waals surface area contributed by atoms with Gasteiger partial charge in [0, 0.05) is 38.2 Å². The molecule has 2 amide bonds. The molecule has 1 fully saturated rings. The topological polar surface area (TPSA) is 77.5 Å². The van der Waals surface area contributed by atoms with Crippen molar-refractivity contribution in [2.24, 2.45) is 5.92 Å². The summed E-state index contributed by atoms with van der Waals surface area (Å²) in [5.74, 6) is 1.23. The molecule has 0 aromatic heterocycles. The van der Waals surface area contributed by atoms with Gasteiger partial charge in [0.15, 0.2) is 13.4 Å². The molecule has 0 N–H and O–H groups in total. The fourth-order valence-corrected chi connectivity index (χ4v) is 5.02. The molecule has 2 aliphatic rings. The third kappa shape index (κ3) is 5.37. The largest absolute Gasteiger partial charge is 0.482 e. The minimum absolute atomic E-state index is 0.0612. The lowest BCUT2D eigenvalue weighted by atomic mass is 9.96. The molecular weight excluding hydrogens is 508 g/mol. The third-order valence-corrected chi connectivity index (χ3v) is 6.82. The van der Waals surface area contributed by atoms with E-state index in [0.717, 1.165) is 21.9 Å². The Morgan fingerprint density at radius 3 is 2.61 bits per heavy atom. The van der Waals surface area contributed by atoms with Crippen LogP contribution in [-0.4, -0.2) is 62.6 Å². The molecule has 3 aromatic carbocycles. The molecule has 0 bridgehead atoms. The number of hydrogen-bond donors (Lipinski definition) is 0. The molecule has 0 atom stereocenters. The quantitative estimate of drug-likeness (QED) is 0.373. The second-order valence-electron chi connectivity index (χ2n) is 10.6. The number of rotatable bonds is 6. The van der Waals surface area contributed by atoms with Crippen LogP contribution >= 0.6 is 11.6 Å². The summed E-state index contributed by atoms with van der Waals surface area (Å²) in [6.45, 7) is 7.12. The summed E-state index contributed by atoms with van der Waals surface area (Å²) in [7, 11) is 1.57. The molecule has 2 aliphatic heterocycles. The van der Waals surface area contributed by atoms with Crippen molar-refractivity contribution in [2.75, 3.05) is 45.0 Å². The van der Waals surface area contributed by atoms with Crippen LogP contribution in [0.15, 0.2) is 48.5 Å². The highest BCUT2D eigenvalue weighted by Crippen LogP contribution is 2.44. The number of likely N-dealkylation sites (tertiary alicyclic amines) is 1. The van der Waals surface area contributed by atoms with Crippen LogP contribution in [0.4, 0.5) is 10.5 Å². The predicted molar refractivity (Wildman–Crippen MR) is 146 cm³/mol. The van der Waals surface area contributed by atoms with Crippen LogP contribution in [0, 0.1) is 5.92 Å². The Hall–Kier alpha value is -3.49. The minimum atomic E-state index is -0.545. The smallest absolute Gasteiger partial charge is 0.410 e. The first-order valence-electron chi connectivity index (χ1n) is 12.5. The minimum Gasteiger partial charge on any atom is -0.482 e. The molecule has 8 nitrogen and oxygen atoms in total. The molecule has 200 valence electrons. The fourth-order valence-electron chi connectivity index (χ4n) is 4.76. The van der Waals surface area contributed by atoms with E-state index < -0.39 is 5.60 Å². The Morgan fingerprint density at radius 2 is 1.87 bits per heavy atom. The number of carbonyl (C=O) groups is 2. The number of ether oxygens (including phenoxy) is 4. The van der Waals surface area contributed by atoms with Gasteiger partial charge in [-0.2, -0.15) is 0 Å². The van der Waals surface area contributed by atoms with Gasteiger partial charge in [-0.25, -0.2) is 4.79 Å². The van der Waals surface area contributed by atoms with Crippen LogP contribution in [0.3, 0.4) is 0 Å². The van der Waals surface area contributed by atoms with Gasteiger partial charge in [-0.3, -0.25) is 4.79 Å². The Bertz CT molecular complexity index is 1380. The number of amides is 2. The van der Waals surface area contributed by atoms with Crippen molar-refractivity contribution in [3.63, 3.8) is 0 Å². The molecule has 5 rings (SSSR count). The molecular formula is C29H31ClN2O6. The average Bonchev–Trinajstić information content (AvgIpc) is 2.84. The summed E-state index contributed by atoms with van der Waals surface area (Å²) in [4.78, 5) is 28.5. The van der Waals surface area contributed by atoms with Crippen molar-refractivity contribution >= 4 is 40.1 Å². The van der Waals surface area contributed by atoms with E-state index in [1.165, 1.54) is 0 Å². The van der Waals surface area contributed by atoms with E-state index >= 15 is 0 Å². The maximum Gasteiger partial charge on any atom is 0.410 e. The summed E-state index contributed by atoms with van der Waals surface area (Å²) in [5.41, 5.74) is 1.75. The van der Waals surface area contributed by atoms with Crippen LogP contribution in [0.1, 0.15) is 20.8 Å². The summed E-state index contributed by atoms with van der Waals surface area (Å²) >= 11 is 6.85. The first-order chi connectivity index (χ1) is 18.1. The Morgan fingerprint density at radius 1 is 1.11 bits per heavy atom. The number of halogens is 1. The molecule has 0 aliphatic carbocycles. The second kappa shape index (κ2) is 10.3. The van der Waals surface area contributed by atoms with Crippen molar-refractivity contribution in [2.45, 2.75) is 26.4 Å². The lowest BCUT2D eigenvalue weighted by molar-refractivity contribution is -0.121. The SMILES string of the molecule is COCOc1cc(-c2cc3c(cc2Cl)N(CC2CN(C(=O)OC(C)(C)C)C2)C(=O)CO3)c2ccccc2c1. The number of anilines is 1. The number of hydrogen-bond acceptors (Lipinski definition) is 6. The van der Waals surface area contributed by atoms with E-state index in [1.54, 1.807) is 23.0 Å². The number of carbonyl (C=O) groups excluding carboxylic acids is 2. The number of benzene rings is 3. The number of methoxy groups -OCH3 is 1. The van der Waals surface area contributed by atoms with Crippen molar-refractivity contribution in [1.29, 1.82) is 0 Å². The highest BCUT2D eigenvalue weighted by molar-refractivity contribution is 6.34. The van der Waals surface area contributed by atoms with Crippen molar-refractivity contribution < 1.29 is 28.5 Å². The van der Waals surface area contributed by atoms with Gasteiger partial charge < -0.3 is 28.7 Å². The monoisotopic (exact) mass is 538 g/mol. The van der Waals surface area contributed by atoms with E-state index in [4.69, 9.17) is 30.5 Å². The molecule has 0 unspecified atom stereocenters. The van der Waals surface area contributed by atoms with E-state index in [1.807, 2.05) is 63.2 Å². The molecule has 0 spiro atoms. The van der Waals surface area contributed by atoms with E-state index in [2.05, 4.69) is 0 Å². The third-order valence-electron chi connectivity index (χ3n) is 6.51. The lowest BCUT2D eigenvalue weighted by Crippen LogP contribution is -2.56. The van der Waals surface area contributed by atoms with Crippen LogP contribution in [0.2, 0.25) is 5.02 Å². The average molecular weight is 539 g/mol. The summed E-state index contributed by atoms with van der Waals surface area (Å²) in [6.07, 6.45) is -0.334. The zero-order valence-electron chi connectivity index (χ0n) is 22.0. The van der Waals surface area contributed by atoms with Gasteiger partial charge >= 0.3 is 6.09 Å². The first kappa shape index (κ1) is 26.1. The van der Waals surface area contributed by atoms with Gasteiger partial charge in [0.05, 0.1) is 10.7 Å². The highest BCUT2D eigenvalue weighted by Gasteiger charge is 2.37. The standard InChI is InChI=1S/C29H31ClN2O6/c1-29(2,3)38-28(34)31-13-18(14-31)15-32-25-12-24(30)23(11-26(25)36-16-27(32)33)22-10-20(37-17-35-4)9-19-7-5-6-8-21(19)22/h5-12,18H,13-17H2,1-4H3. The Kier molecular flexibility index (Phi) is 7.11. The summed E-state index contributed by atoms with van der Waals surface area (Å²) in [6, 6.07) is 15.5. The van der Waals surface area contributed by atoms with Gasteiger partial charge in [0.25, 0.3) is 5.91 Å². The normalized spacial score (nSPS) is 15.7. The van der Waals surface area contributed by atoms with Crippen LogP contribution < -0.4 is 14.4 Å². The first-order valence-corrected chi connectivity index (χ1v) is 12.9. The Balaban J connectivity index is 1.41. The van der Waals surface area contributed by atoms with Crippen molar-refractivity contribution in [3.05, 3.63) is 53.6 Å². The van der Waals surface area contributed by atoms with Gasteiger partial charge in [0.2, 0.25) is 0 Å². The van der Waals surface area contributed by atoms with Crippen molar-refractivity contribution in [3.8, 4) is 22.6 Å². The zero-order chi connectivity index (χ0) is 27.0. The molecule has 9 heteroatoms. The van der Waals surface area contributed by atoms with Crippen LogP contribution in [0.25, 0.3) is 21.9 Å². The lowest BCUT2D eigenvalue weighted by Gasteiger charge is -2.42. The highest BCUT2D eigenvalue weighted by atomic mass is 35.5. The van der Waals surface area contributed by atoms with Gasteiger partial charge in [0.1, 0.15) is 17.1 Å². The molecule has 0 saturated carbocycles. The second-order valence-corrected chi connectivity index (χ2v) is 11.0. The molecule has 1 saturated heterocycles. The number of fused-ring (bicyclic) bond motifs is 2. The predicted octanol–water partition coefficient (Wildman–Crippen LogP) is 5.74. The van der Waals surface area contributed by atoms with E-state index in [-0.39, 0.29) is 31.3 Å². The molecule has 2 heterocycles. The molecule has 0 radical (unpaired) electrons. The van der Waals surface area contributed by atoms with Gasteiger partial charge in [-0.15, -0.1) is 0 Å². The van der Waals surface area contributed by atoms with Gasteiger partial charge in [-0.1, -0.05) is 35.9 Å². The zero-order valence-corrected chi connectivity index (χ0v) is 22.7. The molecule has 38 heavy (non-hydrogen) atoms. The maximum atomic E-state index is 12.8. The fraction of sp³-hybridized carbons (Fsp3) is 0.379. The van der Waals surface area contributed by atoms with E-state index in [0.29, 0.717) is 41.8 Å². The maximum absolute atomic E-state index is 12.8. The van der Waals surface area contributed by atoms with Gasteiger partial charge in [-0.05, 0) is 61.4 Å². The molecule has 3 aromatic rings. The van der Waals surface area contributed by atoms with Crippen LogP contribution in [0.5, 0.6) is 11.5 Å².